The molecule has 2 aliphatic rings. The van der Waals surface area contributed by atoms with Crippen LogP contribution in [0.25, 0.3) is 0 Å². The fourth-order valence-corrected chi connectivity index (χ4v) is 2.43. The number of fused-ring (bicyclic) bond motifs is 1. The van der Waals surface area contributed by atoms with E-state index < -0.39 is 30.4 Å². The fraction of sp³-hybridized carbons (Fsp3) is 0.833. The molecule has 0 amide bonds. The monoisotopic (exact) mass is 244 g/mol. The molecule has 2 rings (SSSR count). The summed E-state index contributed by atoms with van der Waals surface area (Å²) in [6, 6.07) is 0. The zero-order chi connectivity index (χ0) is 12.6. The summed E-state index contributed by atoms with van der Waals surface area (Å²) in [6.07, 6.45) is 0.0123. The van der Waals surface area contributed by atoms with Crippen LogP contribution in [-0.2, 0) is 14.2 Å². The number of allylic oxidation sites excluding steroid dienone is 1. The SMILES string of the molecule is C=CC[C@@H](CO)[C@H]1O[C@@H]2OC(C)(C)O[C@@H]2[C@H]1O. The average Bonchev–Trinajstić information content (AvgIpc) is 2.70. The topological polar surface area (TPSA) is 68.2 Å². The summed E-state index contributed by atoms with van der Waals surface area (Å²) >= 11 is 0. The standard InChI is InChI=1S/C12H20O5/c1-4-5-7(6-13)9-8(14)10-11(15-9)17-12(2,3)16-10/h4,7-11,13-14H,1,5-6H2,2-3H3/t7-,8-,9+,10+,11+/m0/s1. The van der Waals surface area contributed by atoms with Crippen LogP contribution in [0.1, 0.15) is 20.3 Å². The minimum absolute atomic E-state index is 0.0589. The molecule has 2 saturated heterocycles. The van der Waals surface area contributed by atoms with Gasteiger partial charge in [-0.25, -0.2) is 0 Å². The first kappa shape index (κ1) is 13.0. The molecule has 98 valence electrons. The zero-order valence-corrected chi connectivity index (χ0v) is 10.2. The summed E-state index contributed by atoms with van der Waals surface area (Å²) in [6.45, 7) is 7.13. The molecule has 0 bridgehead atoms. The average molecular weight is 244 g/mol. The third-order valence-corrected chi connectivity index (χ3v) is 3.22. The van der Waals surface area contributed by atoms with Crippen LogP contribution < -0.4 is 0 Å². The van der Waals surface area contributed by atoms with Crippen molar-refractivity contribution in [3.63, 3.8) is 0 Å². The van der Waals surface area contributed by atoms with Gasteiger partial charge in [-0.3, -0.25) is 0 Å². The molecule has 2 aliphatic heterocycles. The van der Waals surface area contributed by atoms with Crippen LogP contribution >= 0.6 is 0 Å². The van der Waals surface area contributed by atoms with E-state index in [1.807, 2.05) is 0 Å². The lowest BCUT2D eigenvalue weighted by atomic mass is 9.94. The molecule has 2 N–H and O–H groups in total. The Balaban J connectivity index is 2.04. The molecule has 5 heteroatoms. The third-order valence-electron chi connectivity index (χ3n) is 3.22. The van der Waals surface area contributed by atoms with E-state index in [-0.39, 0.29) is 12.5 Å². The first-order valence-electron chi connectivity index (χ1n) is 5.89. The van der Waals surface area contributed by atoms with E-state index in [9.17, 15) is 10.2 Å². The van der Waals surface area contributed by atoms with E-state index in [2.05, 4.69) is 6.58 Å². The van der Waals surface area contributed by atoms with Gasteiger partial charge in [-0.2, -0.15) is 0 Å². The van der Waals surface area contributed by atoms with Gasteiger partial charge in [-0.05, 0) is 20.3 Å². The van der Waals surface area contributed by atoms with Gasteiger partial charge in [-0.15, -0.1) is 6.58 Å². The molecule has 0 radical (unpaired) electrons. The number of aliphatic hydroxyl groups excluding tert-OH is 2. The van der Waals surface area contributed by atoms with E-state index in [1.54, 1.807) is 19.9 Å². The van der Waals surface area contributed by atoms with Crippen LogP contribution in [-0.4, -0.2) is 47.2 Å². The summed E-state index contributed by atoms with van der Waals surface area (Å²) in [5.74, 6) is -0.905. The van der Waals surface area contributed by atoms with Crippen molar-refractivity contribution in [2.45, 2.75) is 50.7 Å². The highest BCUT2D eigenvalue weighted by Gasteiger charge is 2.55. The molecule has 2 heterocycles. The predicted octanol–water partition coefficient (Wildman–Crippen LogP) is 0.408. The van der Waals surface area contributed by atoms with Gasteiger partial charge in [0.2, 0.25) is 0 Å². The lowest BCUT2D eigenvalue weighted by Gasteiger charge is -2.27. The van der Waals surface area contributed by atoms with Crippen LogP contribution in [0, 0.1) is 5.92 Å². The molecule has 0 aromatic carbocycles. The Kier molecular flexibility index (Phi) is 3.56. The second kappa shape index (κ2) is 4.66. The first-order valence-corrected chi connectivity index (χ1v) is 5.89. The number of aliphatic hydroxyl groups is 2. The molecule has 2 fully saturated rings. The zero-order valence-electron chi connectivity index (χ0n) is 10.2. The Bertz CT molecular complexity index is 291. The third kappa shape index (κ3) is 2.39. The second-order valence-electron chi connectivity index (χ2n) is 5.03. The van der Waals surface area contributed by atoms with Gasteiger partial charge in [-0.1, -0.05) is 6.08 Å². The molecule has 5 nitrogen and oxygen atoms in total. The van der Waals surface area contributed by atoms with Gasteiger partial charge < -0.3 is 24.4 Å². The van der Waals surface area contributed by atoms with Crippen molar-refractivity contribution < 1.29 is 24.4 Å². The molecule has 0 aromatic rings. The Morgan fingerprint density at radius 3 is 2.65 bits per heavy atom. The first-order chi connectivity index (χ1) is 7.98. The van der Waals surface area contributed by atoms with Gasteiger partial charge in [0.05, 0.1) is 6.10 Å². The Morgan fingerprint density at radius 2 is 2.12 bits per heavy atom. The van der Waals surface area contributed by atoms with Gasteiger partial charge in [0.25, 0.3) is 0 Å². The number of hydrogen-bond acceptors (Lipinski definition) is 5. The van der Waals surface area contributed by atoms with Gasteiger partial charge in [0.1, 0.15) is 12.2 Å². The van der Waals surface area contributed by atoms with E-state index in [0.29, 0.717) is 6.42 Å². The minimum Gasteiger partial charge on any atom is -0.396 e. The van der Waals surface area contributed by atoms with E-state index in [0.717, 1.165) is 0 Å². The fourth-order valence-electron chi connectivity index (χ4n) is 2.43. The number of rotatable bonds is 4. The van der Waals surface area contributed by atoms with Crippen molar-refractivity contribution in [2.24, 2.45) is 5.92 Å². The quantitative estimate of drug-likeness (QED) is 0.701. The molecule has 0 saturated carbocycles. The van der Waals surface area contributed by atoms with Gasteiger partial charge in [0, 0.05) is 12.5 Å². The molecular weight excluding hydrogens is 224 g/mol. The molecule has 0 spiro atoms. The van der Waals surface area contributed by atoms with Crippen molar-refractivity contribution in [1.29, 1.82) is 0 Å². The second-order valence-corrected chi connectivity index (χ2v) is 5.03. The Hall–Kier alpha value is -0.460. The van der Waals surface area contributed by atoms with Gasteiger partial charge in [0.15, 0.2) is 12.1 Å². The van der Waals surface area contributed by atoms with Crippen molar-refractivity contribution in [3.8, 4) is 0 Å². The molecule has 17 heavy (non-hydrogen) atoms. The highest BCUT2D eigenvalue weighted by atomic mass is 16.8. The molecule has 0 unspecified atom stereocenters. The maximum absolute atomic E-state index is 10.1. The molecule has 0 aromatic heterocycles. The van der Waals surface area contributed by atoms with Crippen molar-refractivity contribution >= 4 is 0 Å². The largest absolute Gasteiger partial charge is 0.396 e. The summed E-state index contributed by atoms with van der Waals surface area (Å²) in [5.41, 5.74) is 0. The summed E-state index contributed by atoms with van der Waals surface area (Å²) in [5, 5.41) is 19.4. The van der Waals surface area contributed by atoms with E-state index >= 15 is 0 Å². The molecule has 0 aliphatic carbocycles. The smallest absolute Gasteiger partial charge is 0.190 e. The maximum Gasteiger partial charge on any atom is 0.190 e. The molecule has 5 atom stereocenters. The van der Waals surface area contributed by atoms with Crippen LogP contribution in [0.3, 0.4) is 0 Å². The Labute approximate surface area is 101 Å². The highest BCUT2D eigenvalue weighted by molar-refractivity contribution is 4.96. The number of ether oxygens (including phenoxy) is 3. The van der Waals surface area contributed by atoms with Crippen LogP contribution in [0.15, 0.2) is 12.7 Å². The van der Waals surface area contributed by atoms with Crippen molar-refractivity contribution in [1.82, 2.24) is 0 Å². The summed E-state index contributed by atoms with van der Waals surface area (Å²) in [4.78, 5) is 0. The normalized spacial score (nSPS) is 41.2. The summed E-state index contributed by atoms with van der Waals surface area (Å²) < 4.78 is 16.8. The van der Waals surface area contributed by atoms with Crippen LogP contribution in [0.5, 0.6) is 0 Å². The van der Waals surface area contributed by atoms with Crippen molar-refractivity contribution in [3.05, 3.63) is 12.7 Å². The maximum atomic E-state index is 10.1. The minimum atomic E-state index is -0.779. The van der Waals surface area contributed by atoms with Gasteiger partial charge >= 0.3 is 0 Å². The Morgan fingerprint density at radius 1 is 1.41 bits per heavy atom. The lowest BCUT2D eigenvalue weighted by Crippen LogP contribution is -2.39. The lowest BCUT2D eigenvalue weighted by molar-refractivity contribution is -0.222. The van der Waals surface area contributed by atoms with Crippen LogP contribution in [0.2, 0.25) is 0 Å². The molecular formula is C12H20O5. The number of hydrogen-bond donors (Lipinski definition) is 2. The highest BCUT2D eigenvalue weighted by Crippen LogP contribution is 2.39. The summed E-state index contributed by atoms with van der Waals surface area (Å²) in [7, 11) is 0. The van der Waals surface area contributed by atoms with E-state index in [1.165, 1.54) is 0 Å². The van der Waals surface area contributed by atoms with E-state index in [4.69, 9.17) is 14.2 Å². The van der Waals surface area contributed by atoms with Crippen LogP contribution in [0.4, 0.5) is 0 Å². The predicted molar refractivity (Wildman–Crippen MR) is 60.1 cm³/mol. The van der Waals surface area contributed by atoms with Crippen molar-refractivity contribution in [2.75, 3.05) is 6.61 Å².